The number of benzene rings is 2. The quantitative estimate of drug-likeness (QED) is 0.0107. The standard InChI is InChI=1S/C68H92N12O22S2/c1-7-64(96)29-34-24-35(30-64)67(62(94)99-6,52-38(14-17-70-31-34)37-12-9-10-13-41(37)71-52)40-26-39-45(28-46(40)98-5)78(4)59-66(39)16-19-79-18-11-15-65(8-2,58(66)79)60(92)68(59,97)61(93)75-76-63(95)101-22-23-103-104-33-44(55(88)89)73-54(87)43(72-53(86)42(69-3)27-47(81)82)25-36-32-80(77-74-36)20-21-100-57-50(85)48(83)49(84)51(102-57)56(90)91/h9-13,15,26,28,32,34-35,42-44,48-51,57-60,69-71,83-85,92,96-97H,7-8,14,16-25,27,29-31,33H2,1-6H3,(H,72,86)(H,73,87)(H,75,93)(H,76,95)(H,81,82)(H,88,89)(H,90,91)/t34-,35?,42-,43-,44-,48-,49?,50?,51?,57+,58-,59+,60+,64-,65+,66+,67-,68-/m0/s1. The molecule has 7 aliphatic rings. The molecule has 0 radical (unpaired) electrons. The molecule has 4 unspecified atom stereocenters. The van der Waals surface area contributed by atoms with Crippen LogP contribution >= 0.6 is 21.6 Å². The van der Waals surface area contributed by atoms with Crippen LogP contribution in [0.4, 0.5) is 10.5 Å². The number of aromatic nitrogens is 4. The van der Waals surface area contributed by atoms with Crippen molar-refractivity contribution in [3.8, 4) is 5.75 Å². The highest BCUT2D eigenvalue weighted by Crippen LogP contribution is 2.68. The number of aliphatic hydroxyl groups is 6. The van der Waals surface area contributed by atoms with Crippen molar-refractivity contribution in [3.05, 3.63) is 82.8 Å². The van der Waals surface area contributed by atoms with Gasteiger partial charge >= 0.3 is 30.0 Å². The summed E-state index contributed by atoms with van der Waals surface area (Å²) in [5.74, 6) is -8.62. The van der Waals surface area contributed by atoms with E-state index >= 15 is 9.59 Å². The minimum absolute atomic E-state index is 0.0325. The topological polar surface area (TPSA) is 490 Å². The van der Waals surface area contributed by atoms with Crippen LogP contribution in [-0.4, -0.2) is 276 Å². The van der Waals surface area contributed by atoms with E-state index in [9.17, 15) is 74.7 Å². The lowest BCUT2D eigenvalue weighted by Crippen LogP contribution is -2.82. The minimum atomic E-state index is -2.70. The summed E-state index contributed by atoms with van der Waals surface area (Å²) in [7, 11) is 7.96. The second kappa shape index (κ2) is 31.4. The minimum Gasteiger partial charge on any atom is -0.496 e. The Balaban J connectivity index is 0.780. The number of carboxylic acid groups (broad SMARTS) is 3. The van der Waals surface area contributed by atoms with E-state index in [1.54, 1.807) is 11.9 Å². The van der Waals surface area contributed by atoms with Crippen LogP contribution < -0.4 is 41.8 Å². The number of aromatic amines is 1. The number of para-hydroxylation sites is 1. The molecule has 36 heteroatoms. The van der Waals surface area contributed by atoms with E-state index in [0.717, 1.165) is 38.1 Å². The number of hydrogen-bond donors (Lipinski definition) is 16. The Morgan fingerprint density at radius 1 is 0.875 bits per heavy atom. The molecule has 18 atom stereocenters. The van der Waals surface area contributed by atoms with E-state index < -0.39 is 161 Å². The number of amides is 4. The first-order valence-corrected chi connectivity index (χ1v) is 37.1. The number of likely N-dealkylation sites (N-methyl/N-ethyl adjacent to an activating group) is 2. The van der Waals surface area contributed by atoms with Crippen LogP contribution in [0.5, 0.6) is 5.75 Å². The van der Waals surface area contributed by atoms with Gasteiger partial charge in [-0.3, -0.25) is 34.3 Å². The van der Waals surface area contributed by atoms with Gasteiger partial charge in [0.25, 0.3) is 5.91 Å². The third-order valence-electron chi connectivity index (χ3n) is 22.3. The summed E-state index contributed by atoms with van der Waals surface area (Å²) >= 11 is 0. The summed E-state index contributed by atoms with van der Waals surface area (Å²) in [5, 5.41) is 119. The fourth-order valence-corrected chi connectivity index (χ4v) is 19.6. The second-order valence-electron chi connectivity index (χ2n) is 27.9. The lowest BCUT2D eigenvalue weighted by molar-refractivity contribution is -0.294. The highest BCUT2D eigenvalue weighted by atomic mass is 33.1. The third-order valence-corrected chi connectivity index (χ3v) is 24.7. The van der Waals surface area contributed by atoms with Gasteiger partial charge < -0.3 is 101 Å². The number of carbonyl (C=O) groups is 8. The number of rotatable bonds is 27. The largest absolute Gasteiger partial charge is 0.496 e. The summed E-state index contributed by atoms with van der Waals surface area (Å²) in [6.45, 7) is 5.27. The number of nitrogens with zero attached hydrogens (tertiary/aromatic N) is 5. The number of methoxy groups -OCH3 is 2. The van der Waals surface area contributed by atoms with Crippen LogP contribution in [0.1, 0.15) is 86.9 Å². The zero-order valence-electron chi connectivity index (χ0n) is 58.3. The first-order chi connectivity index (χ1) is 49.6. The number of hydrazine groups is 1. The number of aliphatic hydroxyl groups excluding tert-OH is 4. The van der Waals surface area contributed by atoms with Crippen molar-refractivity contribution in [3.63, 3.8) is 0 Å². The Morgan fingerprint density at radius 3 is 2.33 bits per heavy atom. The molecule has 4 aromatic rings. The van der Waals surface area contributed by atoms with Gasteiger partial charge in [0.05, 0.1) is 57.2 Å². The molecular formula is C68H92N12O22S2. The van der Waals surface area contributed by atoms with Crippen LogP contribution in [0.2, 0.25) is 0 Å². The average Bonchev–Trinajstić information content (AvgIpc) is 1.46. The van der Waals surface area contributed by atoms with Crippen molar-refractivity contribution in [1.82, 2.24) is 57.0 Å². The number of hydrogen-bond acceptors (Lipinski definition) is 27. The van der Waals surface area contributed by atoms with Crippen molar-refractivity contribution in [2.75, 3.05) is 84.1 Å². The molecule has 7 heterocycles. The molecule has 2 aromatic carbocycles. The van der Waals surface area contributed by atoms with Gasteiger partial charge in [-0.15, -0.1) is 5.10 Å². The molecule has 568 valence electrons. The number of carbonyl (C=O) groups excluding carboxylic acids is 5. The summed E-state index contributed by atoms with van der Waals surface area (Å²) < 4.78 is 29.7. The molecule has 104 heavy (non-hydrogen) atoms. The van der Waals surface area contributed by atoms with Gasteiger partial charge in [-0.2, -0.15) is 0 Å². The van der Waals surface area contributed by atoms with E-state index in [1.165, 1.54) is 32.1 Å². The van der Waals surface area contributed by atoms with Crippen molar-refractivity contribution >= 4 is 85.9 Å². The first-order valence-electron chi connectivity index (χ1n) is 34.7. The number of aliphatic carboxylic acids is 3. The Hall–Kier alpha value is -7.72. The van der Waals surface area contributed by atoms with Crippen LogP contribution in [0.3, 0.4) is 0 Å². The molecule has 1 spiro atoms. The number of H-pyrrole nitrogens is 1. The van der Waals surface area contributed by atoms with Gasteiger partial charge in [0.2, 0.25) is 11.8 Å². The predicted octanol–water partition coefficient (Wildman–Crippen LogP) is -1.46. The average molecular weight is 1490 g/mol. The Kier molecular flexibility index (Phi) is 23.3. The second-order valence-corrected chi connectivity index (χ2v) is 30.6. The molecule has 2 saturated carbocycles. The number of ether oxygens (including phenoxy) is 5. The number of nitrogens with one attached hydrogen (secondary N) is 7. The predicted molar refractivity (Wildman–Crippen MR) is 372 cm³/mol. The molecule has 11 rings (SSSR count). The fraction of sp³-hybridized carbons (Fsp3) is 0.618. The van der Waals surface area contributed by atoms with Crippen LogP contribution in [0.25, 0.3) is 10.9 Å². The Morgan fingerprint density at radius 2 is 1.62 bits per heavy atom. The molecule has 4 fully saturated rings. The maximum absolute atomic E-state index is 15.9. The normalized spacial score (nSPS) is 31.4. The zero-order chi connectivity index (χ0) is 75.0. The molecule has 5 aliphatic heterocycles. The monoisotopic (exact) mass is 1490 g/mol. The number of fused-ring (bicyclic) bond motifs is 6. The molecule has 2 aliphatic carbocycles. The highest BCUT2D eigenvalue weighted by molar-refractivity contribution is 8.76. The molecule has 4 amide bonds. The molecule has 2 bridgehead atoms. The van der Waals surface area contributed by atoms with Gasteiger partial charge in [-0.25, -0.2) is 24.5 Å². The van der Waals surface area contributed by atoms with Crippen molar-refractivity contribution in [1.29, 1.82) is 0 Å². The summed E-state index contributed by atoms with van der Waals surface area (Å²) in [4.78, 5) is 116. The van der Waals surface area contributed by atoms with Gasteiger partial charge in [0.15, 0.2) is 18.0 Å². The number of esters is 1. The molecule has 16 N–H and O–H groups in total. The fourth-order valence-electron chi connectivity index (χ4n) is 17.6. The van der Waals surface area contributed by atoms with Crippen LogP contribution in [0.15, 0.2) is 54.7 Å². The van der Waals surface area contributed by atoms with Crippen molar-refractivity contribution in [2.24, 2.45) is 17.3 Å². The summed E-state index contributed by atoms with van der Waals surface area (Å²) in [6, 6.07) is 5.48. The molecular weight excluding hydrogens is 1400 g/mol. The lowest BCUT2D eigenvalue weighted by Gasteiger charge is -2.63. The number of anilines is 1. The number of carboxylic acids is 3. The van der Waals surface area contributed by atoms with E-state index in [1.807, 2.05) is 62.4 Å². The Bertz CT molecular complexity index is 3920. The maximum Gasteiger partial charge on any atom is 0.426 e. The van der Waals surface area contributed by atoms with Crippen molar-refractivity contribution < 1.29 is 108 Å². The van der Waals surface area contributed by atoms with E-state index in [-0.39, 0.29) is 55.7 Å². The summed E-state index contributed by atoms with van der Waals surface area (Å²) in [5.41, 5.74) is 0.813. The van der Waals surface area contributed by atoms with Crippen molar-refractivity contribution in [2.45, 2.75) is 167 Å². The van der Waals surface area contributed by atoms with E-state index in [2.05, 4.69) is 52.3 Å². The smallest absolute Gasteiger partial charge is 0.426 e. The van der Waals surface area contributed by atoms with Crippen LogP contribution in [-0.2, 0) is 82.7 Å². The molecule has 2 aromatic heterocycles. The molecule has 2 saturated heterocycles. The maximum atomic E-state index is 15.9. The van der Waals surface area contributed by atoms with Gasteiger partial charge in [0, 0.05) is 88.5 Å². The third kappa shape index (κ3) is 14.0. The van der Waals surface area contributed by atoms with E-state index in [4.69, 9.17) is 23.7 Å². The SMILES string of the molecule is CC[C@@]1(O)CC2C[C@H](CNCCc3c([nH]c4ccccc34)[C@@]2(C(=O)OC)c2cc3c(cc2OC)N(C)[C@H]2[C@@](O)(C(=O)NNC(=O)OCCSSC[C@H](NC(=O)[C@H](Cc4cn(CCO[C@@H]5OC(C(=O)O)C(O)[C@H](O)C5O)nn4)NC(=O)[C@H](CC(=O)O)NC)C(=O)O)[C@H](O)[C@]4(CC)C=CCN5CC[C@]32[C@@H]54)C1. The van der Waals surface area contributed by atoms with Crippen LogP contribution in [0, 0.1) is 17.3 Å². The van der Waals surface area contributed by atoms with Gasteiger partial charge in [-0.1, -0.05) is 71.0 Å². The van der Waals surface area contributed by atoms with Gasteiger partial charge in [0.1, 0.15) is 54.3 Å². The van der Waals surface area contributed by atoms with Gasteiger partial charge in [-0.05, 0) is 107 Å². The van der Waals surface area contributed by atoms with E-state index in [0.29, 0.717) is 86.5 Å². The first kappa shape index (κ1) is 77.4. The highest BCUT2D eigenvalue weighted by Gasteiger charge is 2.79. The Labute approximate surface area is 605 Å². The summed E-state index contributed by atoms with van der Waals surface area (Å²) in [6.07, 6.45) is -5.26. The molecule has 34 nitrogen and oxygen atoms in total. The zero-order valence-corrected chi connectivity index (χ0v) is 59.9. The lowest BCUT2D eigenvalue weighted by atomic mass is 9.47.